The zero-order chi connectivity index (χ0) is 15.3. The molecule has 0 aliphatic rings. The van der Waals surface area contributed by atoms with E-state index < -0.39 is 10.0 Å². The number of sulfonamides is 1. The normalized spacial score (nSPS) is 11.9. The number of nitrogens with one attached hydrogen (secondary N) is 3. The van der Waals surface area contributed by atoms with Crippen LogP contribution in [0.4, 0.5) is 0 Å². The maximum Gasteiger partial charge on any atom is 0.242 e. The molecule has 0 aliphatic heterocycles. The minimum Gasteiger partial charge on any atom is -0.349 e. The Balaban J connectivity index is 2.13. The molecule has 0 aliphatic carbocycles. The summed E-state index contributed by atoms with van der Waals surface area (Å²) in [6.07, 6.45) is 1.63. The van der Waals surface area contributed by atoms with Crippen molar-refractivity contribution >= 4 is 10.0 Å². The number of hydrogen-bond acceptors (Lipinski definition) is 6. The van der Waals surface area contributed by atoms with Crippen molar-refractivity contribution in [1.82, 2.24) is 35.2 Å². The van der Waals surface area contributed by atoms with Gasteiger partial charge in [0.2, 0.25) is 10.0 Å². The number of hydrogen-bond donors (Lipinski definition) is 3. The van der Waals surface area contributed by atoms with Gasteiger partial charge in [-0.15, -0.1) is 10.2 Å². The average molecular weight is 313 g/mol. The van der Waals surface area contributed by atoms with E-state index >= 15 is 0 Å². The number of aromatic amines is 1. The molecule has 3 N–H and O–H groups in total. The number of rotatable bonds is 8. The van der Waals surface area contributed by atoms with Crippen molar-refractivity contribution in [2.45, 2.75) is 38.4 Å². The van der Waals surface area contributed by atoms with E-state index in [9.17, 15) is 8.42 Å². The summed E-state index contributed by atoms with van der Waals surface area (Å²) < 4.78 is 28.9. The number of tetrazole rings is 1. The summed E-state index contributed by atoms with van der Waals surface area (Å²) in [5.41, 5.74) is 0.930. The summed E-state index contributed by atoms with van der Waals surface area (Å²) in [6.45, 7) is 6.14. The lowest BCUT2D eigenvalue weighted by Crippen LogP contribution is -2.23. The first kappa shape index (κ1) is 15.6. The molecular formula is C11H19N7O2S. The van der Waals surface area contributed by atoms with E-state index in [4.69, 9.17) is 0 Å². The molecule has 0 unspecified atom stereocenters. The Kier molecular flexibility index (Phi) is 5.04. The number of nitrogens with zero attached hydrogens (tertiary/aromatic N) is 4. The smallest absolute Gasteiger partial charge is 0.242 e. The van der Waals surface area contributed by atoms with Gasteiger partial charge >= 0.3 is 0 Å². The molecule has 2 aromatic rings. The summed E-state index contributed by atoms with van der Waals surface area (Å²) in [4.78, 5) is 0.237. The van der Waals surface area contributed by atoms with Crippen molar-refractivity contribution in [2.75, 3.05) is 6.54 Å². The van der Waals surface area contributed by atoms with Gasteiger partial charge in [-0.25, -0.2) is 13.1 Å². The van der Waals surface area contributed by atoms with Crippen LogP contribution in [0.2, 0.25) is 0 Å². The highest BCUT2D eigenvalue weighted by Gasteiger charge is 2.18. The maximum atomic E-state index is 12.3. The molecule has 0 amide bonds. The van der Waals surface area contributed by atoms with Gasteiger partial charge in [0.15, 0.2) is 5.82 Å². The summed E-state index contributed by atoms with van der Waals surface area (Å²) in [6, 6.07) is 1.67. The fourth-order valence-electron chi connectivity index (χ4n) is 1.87. The molecule has 21 heavy (non-hydrogen) atoms. The van der Waals surface area contributed by atoms with Crippen molar-refractivity contribution in [1.29, 1.82) is 0 Å². The van der Waals surface area contributed by atoms with E-state index in [1.807, 2.05) is 18.4 Å². The molecule has 0 bridgehead atoms. The SMILES string of the molecule is CCNCc1cc(S(=O)(=O)NCc2nn[nH]n2)cn1CC. The predicted octanol–water partition coefficient (Wildman–Crippen LogP) is -0.391. The van der Waals surface area contributed by atoms with E-state index in [2.05, 4.69) is 30.7 Å². The highest BCUT2D eigenvalue weighted by atomic mass is 32.2. The van der Waals surface area contributed by atoms with E-state index in [0.29, 0.717) is 18.9 Å². The van der Waals surface area contributed by atoms with Crippen molar-refractivity contribution in [3.63, 3.8) is 0 Å². The van der Waals surface area contributed by atoms with E-state index in [1.54, 1.807) is 12.3 Å². The first-order chi connectivity index (χ1) is 10.1. The molecule has 116 valence electrons. The largest absolute Gasteiger partial charge is 0.349 e. The second kappa shape index (κ2) is 6.78. The molecule has 0 atom stereocenters. The number of aromatic nitrogens is 5. The van der Waals surface area contributed by atoms with Crippen molar-refractivity contribution < 1.29 is 8.42 Å². The summed E-state index contributed by atoms with van der Waals surface area (Å²) in [5.74, 6) is 0.293. The van der Waals surface area contributed by atoms with Gasteiger partial charge < -0.3 is 9.88 Å². The van der Waals surface area contributed by atoms with Gasteiger partial charge in [-0.3, -0.25) is 0 Å². The van der Waals surface area contributed by atoms with Crippen LogP contribution in [0.5, 0.6) is 0 Å². The van der Waals surface area contributed by atoms with Crippen LogP contribution in [0.1, 0.15) is 25.4 Å². The molecule has 10 heteroatoms. The Morgan fingerprint density at radius 1 is 1.33 bits per heavy atom. The third-order valence-corrected chi connectivity index (χ3v) is 4.35. The van der Waals surface area contributed by atoms with Crippen LogP contribution in [0.15, 0.2) is 17.2 Å². The van der Waals surface area contributed by atoms with Gasteiger partial charge in [0.25, 0.3) is 0 Å². The molecule has 9 nitrogen and oxygen atoms in total. The number of H-pyrrole nitrogens is 1. The fourth-order valence-corrected chi connectivity index (χ4v) is 2.91. The molecule has 0 radical (unpaired) electrons. The monoisotopic (exact) mass is 313 g/mol. The predicted molar refractivity (Wildman–Crippen MR) is 75.7 cm³/mol. The Labute approximate surface area is 123 Å². The zero-order valence-corrected chi connectivity index (χ0v) is 12.8. The third-order valence-electron chi connectivity index (χ3n) is 2.98. The molecule has 2 aromatic heterocycles. The standard InChI is InChI=1S/C11H19N7O2S/c1-3-12-6-9-5-10(8-18(9)4-2)21(19,20)13-7-11-14-16-17-15-11/h5,8,12-13H,3-4,6-7H2,1-2H3,(H,14,15,16,17). The Bertz CT molecular complexity index is 663. The van der Waals surface area contributed by atoms with Crippen LogP contribution in [-0.2, 0) is 29.7 Å². The van der Waals surface area contributed by atoms with E-state index in [-0.39, 0.29) is 11.4 Å². The fraction of sp³-hybridized carbons (Fsp3) is 0.545. The van der Waals surface area contributed by atoms with Crippen LogP contribution >= 0.6 is 0 Å². The maximum absolute atomic E-state index is 12.3. The zero-order valence-electron chi connectivity index (χ0n) is 12.0. The summed E-state index contributed by atoms with van der Waals surface area (Å²) in [5, 5.41) is 16.2. The van der Waals surface area contributed by atoms with Gasteiger partial charge in [-0.2, -0.15) is 5.21 Å². The Morgan fingerprint density at radius 3 is 2.76 bits per heavy atom. The van der Waals surface area contributed by atoms with Crippen LogP contribution in [0, 0.1) is 0 Å². The van der Waals surface area contributed by atoms with Gasteiger partial charge in [0.05, 0.1) is 11.4 Å². The lowest BCUT2D eigenvalue weighted by molar-refractivity contribution is 0.579. The lowest BCUT2D eigenvalue weighted by atomic mass is 10.4. The van der Waals surface area contributed by atoms with Gasteiger partial charge in [-0.1, -0.05) is 12.1 Å². The molecule has 2 rings (SSSR count). The topological polar surface area (TPSA) is 118 Å². The molecule has 0 saturated heterocycles. The molecule has 0 fully saturated rings. The van der Waals surface area contributed by atoms with Crippen molar-refractivity contribution in [3.8, 4) is 0 Å². The molecular weight excluding hydrogens is 294 g/mol. The summed E-state index contributed by atoms with van der Waals surface area (Å²) >= 11 is 0. The quantitative estimate of drug-likeness (QED) is 0.611. The molecule has 0 aromatic carbocycles. The van der Waals surface area contributed by atoms with Crippen LogP contribution in [0.25, 0.3) is 0 Å². The second-order valence-electron chi connectivity index (χ2n) is 4.39. The van der Waals surface area contributed by atoms with Crippen LogP contribution in [0.3, 0.4) is 0 Å². The highest BCUT2D eigenvalue weighted by molar-refractivity contribution is 7.89. The van der Waals surface area contributed by atoms with Gasteiger partial charge in [-0.05, 0) is 19.5 Å². The molecule has 0 spiro atoms. The first-order valence-electron chi connectivity index (χ1n) is 6.68. The Morgan fingerprint density at radius 2 is 2.14 bits per heavy atom. The summed E-state index contributed by atoms with van der Waals surface area (Å²) in [7, 11) is -3.59. The van der Waals surface area contributed by atoms with E-state index in [0.717, 1.165) is 12.2 Å². The molecule has 0 saturated carbocycles. The van der Waals surface area contributed by atoms with Gasteiger partial charge in [0, 0.05) is 25.0 Å². The van der Waals surface area contributed by atoms with Crippen molar-refractivity contribution in [2.24, 2.45) is 0 Å². The van der Waals surface area contributed by atoms with Crippen LogP contribution < -0.4 is 10.0 Å². The minimum absolute atomic E-state index is 0.00131. The number of aryl methyl sites for hydroxylation is 1. The van der Waals surface area contributed by atoms with Crippen molar-refractivity contribution in [3.05, 3.63) is 23.8 Å². The lowest BCUT2D eigenvalue weighted by Gasteiger charge is -2.05. The van der Waals surface area contributed by atoms with Crippen LogP contribution in [-0.4, -0.2) is 40.2 Å². The van der Waals surface area contributed by atoms with Gasteiger partial charge in [0.1, 0.15) is 0 Å². The highest BCUT2D eigenvalue weighted by Crippen LogP contribution is 2.14. The average Bonchev–Trinajstić information content (AvgIpc) is 3.12. The minimum atomic E-state index is -3.59. The first-order valence-corrected chi connectivity index (χ1v) is 8.17. The molecule has 2 heterocycles. The van der Waals surface area contributed by atoms with E-state index in [1.165, 1.54) is 0 Å². The third kappa shape index (κ3) is 3.86. The second-order valence-corrected chi connectivity index (χ2v) is 6.15. The Hall–Kier alpha value is -1.78.